The molecule has 0 unspecified atom stereocenters. The molecular weight excluding hydrogens is 277 g/mol. The third kappa shape index (κ3) is 3.14. The summed E-state index contributed by atoms with van der Waals surface area (Å²) in [5, 5.41) is 0. The van der Waals surface area contributed by atoms with Gasteiger partial charge in [0.1, 0.15) is 5.82 Å². The maximum Gasteiger partial charge on any atom is 0.152 e. The number of sulfone groups is 1. The SMILES string of the molecule is O=S1(=O)CCCN(c2ccc(F)cc2CCl)CC1. The molecule has 100 valence electrons. The number of hydrogen-bond acceptors (Lipinski definition) is 3. The number of benzene rings is 1. The van der Waals surface area contributed by atoms with Crippen molar-refractivity contribution in [2.24, 2.45) is 0 Å². The summed E-state index contributed by atoms with van der Waals surface area (Å²) in [5.41, 5.74) is 1.54. The van der Waals surface area contributed by atoms with Crippen molar-refractivity contribution in [2.75, 3.05) is 29.5 Å². The minimum Gasteiger partial charge on any atom is -0.370 e. The van der Waals surface area contributed by atoms with E-state index in [9.17, 15) is 12.8 Å². The van der Waals surface area contributed by atoms with E-state index in [0.29, 0.717) is 25.1 Å². The minimum absolute atomic E-state index is 0.145. The van der Waals surface area contributed by atoms with Crippen LogP contribution in [0.25, 0.3) is 0 Å². The van der Waals surface area contributed by atoms with Crippen LogP contribution in [0.5, 0.6) is 0 Å². The molecule has 0 atom stereocenters. The summed E-state index contributed by atoms with van der Waals surface area (Å²) >= 11 is 5.81. The van der Waals surface area contributed by atoms with Crippen LogP contribution in [0.1, 0.15) is 12.0 Å². The lowest BCUT2D eigenvalue weighted by atomic mass is 10.1. The van der Waals surface area contributed by atoms with Crippen molar-refractivity contribution in [3.05, 3.63) is 29.6 Å². The third-order valence-electron chi connectivity index (χ3n) is 3.08. The van der Waals surface area contributed by atoms with Crippen molar-refractivity contribution in [3.63, 3.8) is 0 Å². The van der Waals surface area contributed by atoms with Gasteiger partial charge in [0.15, 0.2) is 9.84 Å². The Labute approximate surface area is 111 Å². The summed E-state index contributed by atoms with van der Waals surface area (Å²) in [5.74, 6) is 0.264. The lowest BCUT2D eigenvalue weighted by molar-refractivity contribution is 0.597. The number of rotatable bonds is 2. The molecule has 1 aromatic carbocycles. The number of nitrogens with zero attached hydrogens (tertiary/aromatic N) is 1. The predicted molar refractivity (Wildman–Crippen MR) is 71.4 cm³/mol. The molecule has 2 rings (SSSR count). The molecule has 1 fully saturated rings. The van der Waals surface area contributed by atoms with Crippen molar-refractivity contribution < 1.29 is 12.8 Å². The Morgan fingerprint density at radius 3 is 2.78 bits per heavy atom. The zero-order valence-corrected chi connectivity index (χ0v) is 11.5. The zero-order chi connectivity index (χ0) is 13.2. The van der Waals surface area contributed by atoms with E-state index in [1.807, 2.05) is 4.90 Å². The molecule has 0 bridgehead atoms. The second-order valence-electron chi connectivity index (χ2n) is 4.40. The largest absolute Gasteiger partial charge is 0.370 e. The summed E-state index contributed by atoms with van der Waals surface area (Å²) in [6, 6.07) is 4.46. The summed E-state index contributed by atoms with van der Waals surface area (Å²) in [7, 11) is -2.94. The molecule has 0 radical (unpaired) electrons. The zero-order valence-electron chi connectivity index (χ0n) is 9.90. The summed E-state index contributed by atoms with van der Waals surface area (Å²) < 4.78 is 36.2. The Hall–Kier alpha value is -0.810. The fourth-order valence-corrected chi connectivity index (χ4v) is 3.63. The van der Waals surface area contributed by atoms with Crippen molar-refractivity contribution in [2.45, 2.75) is 12.3 Å². The third-order valence-corrected chi connectivity index (χ3v) is 5.08. The normalized spacial score (nSPS) is 19.6. The van der Waals surface area contributed by atoms with Gasteiger partial charge in [0.25, 0.3) is 0 Å². The highest BCUT2D eigenvalue weighted by Crippen LogP contribution is 2.24. The molecule has 0 N–H and O–H groups in total. The van der Waals surface area contributed by atoms with Gasteiger partial charge in [-0.05, 0) is 30.2 Å². The highest BCUT2D eigenvalue weighted by Gasteiger charge is 2.20. The van der Waals surface area contributed by atoms with Crippen molar-refractivity contribution in [1.82, 2.24) is 0 Å². The number of anilines is 1. The van der Waals surface area contributed by atoms with Gasteiger partial charge in [-0.15, -0.1) is 11.6 Å². The first-order valence-corrected chi connectivity index (χ1v) is 8.17. The average molecular weight is 292 g/mol. The van der Waals surface area contributed by atoms with Crippen LogP contribution in [-0.4, -0.2) is 33.0 Å². The van der Waals surface area contributed by atoms with Crippen LogP contribution in [0.15, 0.2) is 18.2 Å². The molecule has 1 heterocycles. The lowest BCUT2D eigenvalue weighted by Crippen LogP contribution is -2.27. The molecule has 1 aliphatic heterocycles. The maximum absolute atomic E-state index is 13.1. The monoisotopic (exact) mass is 291 g/mol. The molecule has 1 aromatic rings. The van der Waals surface area contributed by atoms with Crippen LogP contribution in [-0.2, 0) is 15.7 Å². The smallest absolute Gasteiger partial charge is 0.152 e. The summed E-state index contributed by atoms with van der Waals surface area (Å²) in [6.07, 6.45) is 0.599. The minimum atomic E-state index is -2.94. The molecule has 18 heavy (non-hydrogen) atoms. The second-order valence-corrected chi connectivity index (χ2v) is 6.97. The van der Waals surface area contributed by atoms with Crippen LogP contribution >= 0.6 is 11.6 Å². The van der Waals surface area contributed by atoms with E-state index in [-0.39, 0.29) is 23.2 Å². The number of alkyl halides is 1. The topological polar surface area (TPSA) is 37.4 Å². The van der Waals surface area contributed by atoms with Gasteiger partial charge in [0.2, 0.25) is 0 Å². The van der Waals surface area contributed by atoms with Gasteiger partial charge in [-0.1, -0.05) is 0 Å². The summed E-state index contributed by atoms with van der Waals surface area (Å²) in [4.78, 5) is 1.97. The Balaban J connectivity index is 2.26. The second kappa shape index (κ2) is 5.45. The fourth-order valence-electron chi connectivity index (χ4n) is 2.15. The van der Waals surface area contributed by atoms with Gasteiger partial charge in [-0.3, -0.25) is 0 Å². The molecular formula is C12H15ClFNO2S. The van der Waals surface area contributed by atoms with Crippen LogP contribution < -0.4 is 4.90 Å². The van der Waals surface area contributed by atoms with Gasteiger partial charge in [-0.25, -0.2) is 12.8 Å². The quantitative estimate of drug-likeness (QED) is 0.784. The molecule has 6 heteroatoms. The van der Waals surface area contributed by atoms with Crippen molar-refractivity contribution in [3.8, 4) is 0 Å². The molecule has 1 saturated heterocycles. The molecule has 3 nitrogen and oxygen atoms in total. The molecule has 0 aromatic heterocycles. The first-order valence-electron chi connectivity index (χ1n) is 5.81. The van der Waals surface area contributed by atoms with E-state index in [1.165, 1.54) is 12.1 Å². The van der Waals surface area contributed by atoms with E-state index in [2.05, 4.69) is 0 Å². The van der Waals surface area contributed by atoms with Gasteiger partial charge in [0.05, 0.1) is 11.5 Å². The fraction of sp³-hybridized carbons (Fsp3) is 0.500. The molecule has 0 spiro atoms. The van der Waals surface area contributed by atoms with E-state index in [1.54, 1.807) is 6.07 Å². The lowest BCUT2D eigenvalue weighted by Gasteiger charge is -2.24. The van der Waals surface area contributed by atoms with E-state index >= 15 is 0 Å². The van der Waals surface area contributed by atoms with Gasteiger partial charge >= 0.3 is 0 Å². The molecule has 0 amide bonds. The summed E-state index contributed by atoms with van der Waals surface area (Å²) in [6.45, 7) is 1.10. The first-order chi connectivity index (χ1) is 8.52. The van der Waals surface area contributed by atoms with Crippen LogP contribution in [0, 0.1) is 5.82 Å². The molecule has 0 saturated carbocycles. The highest BCUT2D eigenvalue weighted by molar-refractivity contribution is 7.91. The van der Waals surface area contributed by atoms with E-state index in [4.69, 9.17) is 11.6 Å². The Kier molecular flexibility index (Phi) is 4.12. The van der Waals surface area contributed by atoms with Crippen molar-refractivity contribution in [1.29, 1.82) is 0 Å². The number of halogens is 2. The maximum atomic E-state index is 13.1. The standard InChI is InChI=1S/C12H15ClFNO2S/c13-9-10-8-11(14)2-3-12(10)15-4-1-6-18(16,17)7-5-15/h2-3,8H,1,4-7,9H2. The average Bonchev–Trinajstić information content (AvgIpc) is 2.50. The Morgan fingerprint density at radius 1 is 1.28 bits per heavy atom. The van der Waals surface area contributed by atoms with Crippen LogP contribution in [0.4, 0.5) is 10.1 Å². The predicted octanol–water partition coefficient (Wildman–Crippen LogP) is 2.19. The molecule has 0 aliphatic carbocycles. The van der Waals surface area contributed by atoms with E-state index < -0.39 is 9.84 Å². The van der Waals surface area contributed by atoms with Gasteiger partial charge in [0, 0.05) is 24.7 Å². The van der Waals surface area contributed by atoms with Gasteiger partial charge in [-0.2, -0.15) is 0 Å². The van der Waals surface area contributed by atoms with Gasteiger partial charge < -0.3 is 4.90 Å². The Morgan fingerprint density at radius 2 is 2.06 bits per heavy atom. The first kappa shape index (κ1) is 13.6. The molecule has 1 aliphatic rings. The van der Waals surface area contributed by atoms with Crippen LogP contribution in [0.2, 0.25) is 0 Å². The Bertz CT molecular complexity index is 533. The van der Waals surface area contributed by atoms with Crippen molar-refractivity contribution >= 4 is 27.1 Å². The van der Waals surface area contributed by atoms with E-state index in [0.717, 1.165) is 5.69 Å². The van der Waals surface area contributed by atoms with Crippen LogP contribution in [0.3, 0.4) is 0 Å². The highest BCUT2D eigenvalue weighted by atomic mass is 35.5. The number of hydrogen-bond donors (Lipinski definition) is 0.